The Bertz CT molecular complexity index is 526. The third-order valence-electron chi connectivity index (χ3n) is 2.09. The van der Waals surface area contributed by atoms with Crippen LogP contribution in [0.1, 0.15) is 5.69 Å². The quantitative estimate of drug-likeness (QED) is 0.735. The van der Waals surface area contributed by atoms with Crippen molar-refractivity contribution in [3.8, 4) is 0 Å². The number of aromatic nitrogens is 1. The zero-order chi connectivity index (χ0) is 11.0. The number of benzene rings is 1. The number of fused-ring (bicyclic) bond motifs is 1. The summed E-state index contributed by atoms with van der Waals surface area (Å²) in [5, 5.41) is -0.0499. The molecule has 78 valence electrons. The van der Waals surface area contributed by atoms with E-state index in [4.69, 9.17) is 5.73 Å². The molecule has 2 rings (SSSR count). The number of hydrogen-bond donors (Lipinski definition) is 1. The van der Waals surface area contributed by atoms with Gasteiger partial charge in [-0.1, -0.05) is 0 Å². The van der Waals surface area contributed by atoms with Gasteiger partial charge in [-0.3, -0.25) is 4.98 Å². The number of rotatable bonds is 1. The summed E-state index contributed by atoms with van der Waals surface area (Å²) in [5.74, 6) is -3.95. The van der Waals surface area contributed by atoms with Gasteiger partial charge in [0.25, 0.3) is 0 Å². The Balaban J connectivity index is 2.80. The van der Waals surface area contributed by atoms with Crippen molar-refractivity contribution >= 4 is 10.9 Å². The minimum absolute atomic E-state index is 0.0499. The predicted molar refractivity (Wildman–Crippen MR) is 49.5 cm³/mol. The van der Waals surface area contributed by atoms with E-state index in [9.17, 15) is 13.2 Å². The maximum atomic E-state index is 13.2. The number of nitrogens with zero attached hydrogens (tertiary/aromatic N) is 1. The van der Waals surface area contributed by atoms with Gasteiger partial charge in [0.1, 0.15) is 0 Å². The van der Waals surface area contributed by atoms with E-state index in [1.165, 1.54) is 12.1 Å². The van der Waals surface area contributed by atoms with Crippen molar-refractivity contribution in [2.24, 2.45) is 5.73 Å². The third-order valence-corrected chi connectivity index (χ3v) is 2.09. The van der Waals surface area contributed by atoms with Gasteiger partial charge in [0, 0.05) is 18.0 Å². The molecule has 1 aromatic carbocycles. The summed E-state index contributed by atoms with van der Waals surface area (Å²) in [4.78, 5) is 3.88. The predicted octanol–water partition coefficient (Wildman–Crippen LogP) is 2.11. The van der Waals surface area contributed by atoms with E-state index in [-0.39, 0.29) is 17.4 Å². The fourth-order valence-corrected chi connectivity index (χ4v) is 1.33. The number of pyridine rings is 1. The van der Waals surface area contributed by atoms with Crippen molar-refractivity contribution in [2.45, 2.75) is 6.54 Å². The second-order valence-corrected chi connectivity index (χ2v) is 3.06. The molecule has 0 saturated carbocycles. The molecule has 0 radical (unpaired) electrons. The molecule has 0 saturated heterocycles. The van der Waals surface area contributed by atoms with Crippen molar-refractivity contribution in [2.75, 3.05) is 0 Å². The molecule has 15 heavy (non-hydrogen) atoms. The molecule has 2 nitrogen and oxygen atoms in total. The van der Waals surface area contributed by atoms with Crippen molar-refractivity contribution in [1.29, 1.82) is 0 Å². The zero-order valence-electron chi connectivity index (χ0n) is 7.60. The van der Waals surface area contributed by atoms with Gasteiger partial charge in [-0.25, -0.2) is 13.2 Å². The zero-order valence-corrected chi connectivity index (χ0v) is 7.60. The maximum Gasteiger partial charge on any atom is 0.195 e. The van der Waals surface area contributed by atoms with Gasteiger partial charge >= 0.3 is 0 Å². The molecule has 0 bridgehead atoms. The monoisotopic (exact) mass is 212 g/mol. The highest BCUT2D eigenvalue weighted by atomic mass is 19.2. The fourth-order valence-electron chi connectivity index (χ4n) is 1.33. The van der Waals surface area contributed by atoms with Crippen LogP contribution < -0.4 is 5.73 Å². The topological polar surface area (TPSA) is 38.9 Å². The summed E-state index contributed by atoms with van der Waals surface area (Å²) in [6.45, 7) is 0.163. The van der Waals surface area contributed by atoms with Crippen LogP contribution >= 0.6 is 0 Å². The van der Waals surface area contributed by atoms with Crippen molar-refractivity contribution in [1.82, 2.24) is 4.98 Å². The highest BCUT2D eigenvalue weighted by molar-refractivity contribution is 5.79. The Hall–Kier alpha value is -1.62. The lowest BCUT2D eigenvalue weighted by atomic mass is 10.2. The summed E-state index contributed by atoms with van der Waals surface area (Å²) in [6, 6.07) is 3.66. The second kappa shape index (κ2) is 3.51. The van der Waals surface area contributed by atoms with Crippen LogP contribution in [0.25, 0.3) is 10.9 Å². The molecule has 0 unspecified atom stereocenters. The molecule has 2 aromatic rings. The van der Waals surface area contributed by atoms with Gasteiger partial charge in [-0.15, -0.1) is 0 Å². The molecule has 0 aliphatic rings. The molecular weight excluding hydrogens is 205 g/mol. The molecule has 0 aliphatic heterocycles. The van der Waals surface area contributed by atoms with Crippen molar-refractivity contribution in [3.05, 3.63) is 41.3 Å². The van der Waals surface area contributed by atoms with E-state index in [2.05, 4.69) is 4.98 Å². The van der Waals surface area contributed by atoms with E-state index < -0.39 is 17.5 Å². The molecule has 0 atom stereocenters. The molecular formula is C10H7F3N2. The van der Waals surface area contributed by atoms with E-state index in [0.717, 1.165) is 6.07 Å². The summed E-state index contributed by atoms with van der Waals surface area (Å²) in [5.41, 5.74) is 5.88. The van der Waals surface area contributed by atoms with Gasteiger partial charge < -0.3 is 5.73 Å². The lowest BCUT2D eigenvalue weighted by Crippen LogP contribution is -2.01. The lowest BCUT2D eigenvalue weighted by molar-refractivity contribution is 0.453. The first-order valence-electron chi connectivity index (χ1n) is 4.26. The minimum Gasteiger partial charge on any atom is -0.325 e. The van der Waals surface area contributed by atoms with Gasteiger partial charge in [-0.2, -0.15) is 0 Å². The lowest BCUT2D eigenvalue weighted by Gasteiger charge is -2.03. The standard InChI is InChI=1S/C10H7F3N2/c11-7-3-8-6(9(12)10(7)13)2-1-5(4-14)15-8/h1-3H,4,14H2. The van der Waals surface area contributed by atoms with Gasteiger partial charge in [0.2, 0.25) is 0 Å². The first-order chi connectivity index (χ1) is 7.13. The van der Waals surface area contributed by atoms with Crippen LogP contribution in [-0.2, 0) is 6.54 Å². The molecule has 0 spiro atoms. The first kappa shape index (κ1) is 9.92. The normalized spacial score (nSPS) is 10.9. The third kappa shape index (κ3) is 1.55. The highest BCUT2D eigenvalue weighted by Gasteiger charge is 2.13. The van der Waals surface area contributed by atoms with E-state index >= 15 is 0 Å². The Kier molecular flexibility index (Phi) is 2.32. The Labute approximate surface area is 83.5 Å². The van der Waals surface area contributed by atoms with E-state index in [0.29, 0.717) is 5.69 Å². The SMILES string of the molecule is NCc1ccc2c(F)c(F)c(F)cc2n1. The van der Waals surface area contributed by atoms with Crippen LogP contribution in [0.3, 0.4) is 0 Å². The molecule has 0 aliphatic carbocycles. The molecule has 1 heterocycles. The molecule has 0 amide bonds. The van der Waals surface area contributed by atoms with Gasteiger partial charge in [0.05, 0.1) is 11.2 Å². The Morgan fingerprint density at radius 3 is 2.53 bits per heavy atom. The largest absolute Gasteiger partial charge is 0.325 e. The van der Waals surface area contributed by atoms with Crippen LogP contribution in [-0.4, -0.2) is 4.98 Å². The summed E-state index contributed by atoms with van der Waals surface area (Å²) >= 11 is 0. The average Bonchev–Trinajstić information content (AvgIpc) is 2.25. The Morgan fingerprint density at radius 2 is 1.87 bits per heavy atom. The van der Waals surface area contributed by atoms with Crippen LogP contribution in [0.15, 0.2) is 18.2 Å². The molecule has 1 aromatic heterocycles. The van der Waals surface area contributed by atoms with Crippen molar-refractivity contribution < 1.29 is 13.2 Å². The maximum absolute atomic E-state index is 13.2. The van der Waals surface area contributed by atoms with E-state index in [1.807, 2.05) is 0 Å². The Morgan fingerprint density at radius 1 is 1.13 bits per heavy atom. The highest BCUT2D eigenvalue weighted by Crippen LogP contribution is 2.21. The molecule has 2 N–H and O–H groups in total. The minimum atomic E-state index is -1.48. The van der Waals surface area contributed by atoms with Crippen LogP contribution in [0.4, 0.5) is 13.2 Å². The van der Waals surface area contributed by atoms with E-state index in [1.54, 1.807) is 0 Å². The van der Waals surface area contributed by atoms with Crippen molar-refractivity contribution in [3.63, 3.8) is 0 Å². The second-order valence-electron chi connectivity index (χ2n) is 3.06. The van der Waals surface area contributed by atoms with Crippen LogP contribution in [0.5, 0.6) is 0 Å². The number of halogens is 3. The average molecular weight is 212 g/mol. The smallest absolute Gasteiger partial charge is 0.195 e. The summed E-state index contributed by atoms with van der Waals surface area (Å²) in [6.07, 6.45) is 0. The van der Waals surface area contributed by atoms with Crippen LogP contribution in [0, 0.1) is 17.5 Å². The summed E-state index contributed by atoms with van der Waals surface area (Å²) < 4.78 is 38.9. The first-order valence-corrected chi connectivity index (χ1v) is 4.26. The van der Waals surface area contributed by atoms with Crippen LogP contribution in [0.2, 0.25) is 0 Å². The number of hydrogen-bond acceptors (Lipinski definition) is 2. The fraction of sp³-hybridized carbons (Fsp3) is 0.100. The van der Waals surface area contributed by atoms with Gasteiger partial charge in [-0.05, 0) is 12.1 Å². The molecule has 0 fully saturated rings. The summed E-state index contributed by atoms with van der Waals surface area (Å²) in [7, 11) is 0. The van der Waals surface area contributed by atoms with Gasteiger partial charge in [0.15, 0.2) is 17.5 Å². The number of nitrogens with two attached hydrogens (primary N) is 1. The molecule has 5 heteroatoms.